The number of guanidine groups is 1. The highest BCUT2D eigenvalue weighted by molar-refractivity contribution is 6.66. The Hall–Kier alpha value is -3.23. The third kappa shape index (κ3) is 6.71. The summed E-state index contributed by atoms with van der Waals surface area (Å²) in [6.07, 6.45) is 0.418. The normalized spacial score (nSPS) is 13.4. The predicted molar refractivity (Wildman–Crippen MR) is 102 cm³/mol. The molecule has 9 heteroatoms. The topological polar surface area (TPSA) is 175 Å². The molecule has 0 aromatic heterocycles. The molecule has 0 radical (unpaired) electrons. The van der Waals surface area contributed by atoms with E-state index in [1.165, 1.54) is 0 Å². The summed E-state index contributed by atoms with van der Waals surface area (Å²) in [5.74, 6) is -1.60. The van der Waals surface area contributed by atoms with Gasteiger partial charge in [0.15, 0.2) is 0 Å². The molecule has 9 nitrogen and oxygen atoms in total. The number of amides is 2. The molecule has 0 aliphatic heterocycles. The lowest BCUT2D eigenvalue weighted by atomic mass is 10.0. The molecule has 0 heterocycles. The monoisotopic (exact) mass is 360 g/mol. The second-order valence-electron chi connectivity index (χ2n) is 6.27. The number of aliphatic imine (C=N–C) groups is 2. The molecule has 0 aliphatic carbocycles. The molecule has 0 spiro atoms. The summed E-state index contributed by atoms with van der Waals surface area (Å²) in [6, 6.07) is 6.48. The number of hydrogen-bond acceptors (Lipinski definition) is 3. The zero-order chi connectivity index (χ0) is 19.9. The van der Waals surface area contributed by atoms with Crippen molar-refractivity contribution in [3.63, 3.8) is 0 Å². The number of primary amides is 2. The number of amidine groups is 1. The van der Waals surface area contributed by atoms with Crippen LogP contribution in [0.15, 0.2) is 34.3 Å². The first-order valence-corrected chi connectivity index (χ1v) is 8.07. The standard InChI is InChI=1S/C17H25N7O2/c1-9(2)7-12(14(19)25)23-17(21)24-16(13(18)15(20)26)22-11-6-4-5-10(3)8-11/h4-6,8-9,12,18H,7H2,1-3H3,(H2,19,25)(H2,20,26)(H3,21,22,23,24)/p+1/t12-/m1/s1. The van der Waals surface area contributed by atoms with Gasteiger partial charge >= 0.3 is 11.6 Å². The minimum atomic E-state index is -0.870. The van der Waals surface area contributed by atoms with Gasteiger partial charge in [-0.2, -0.15) is 4.99 Å². The van der Waals surface area contributed by atoms with Crippen LogP contribution in [0.1, 0.15) is 25.8 Å². The Morgan fingerprint density at radius 1 is 1.23 bits per heavy atom. The van der Waals surface area contributed by atoms with Gasteiger partial charge in [0.25, 0.3) is 0 Å². The van der Waals surface area contributed by atoms with Gasteiger partial charge in [-0.15, -0.1) is 0 Å². The van der Waals surface area contributed by atoms with Crippen LogP contribution >= 0.6 is 0 Å². The van der Waals surface area contributed by atoms with Gasteiger partial charge in [-0.25, -0.2) is 10.4 Å². The van der Waals surface area contributed by atoms with Crippen LogP contribution in [0.4, 0.5) is 5.69 Å². The Morgan fingerprint density at radius 2 is 1.88 bits per heavy atom. The van der Waals surface area contributed by atoms with E-state index in [1.54, 1.807) is 6.07 Å². The summed E-state index contributed by atoms with van der Waals surface area (Å²) in [7, 11) is 0. The molecule has 0 saturated carbocycles. The quantitative estimate of drug-likeness (QED) is 0.300. The average molecular weight is 360 g/mol. The van der Waals surface area contributed by atoms with Gasteiger partial charge in [-0.05, 0) is 37.0 Å². The van der Waals surface area contributed by atoms with Crippen LogP contribution in [0.25, 0.3) is 0 Å². The zero-order valence-corrected chi connectivity index (χ0v) is 15.2. The van der Waals surface area contributed by atoms with E-state index in [2.05, 4.69) is 15.3 Å². The van der Waals surface area contributed by atoms with Crippen LogP contribution in [0, 0.1) is 12.8 Å². The van der Waals surface area contributed by atoms with Crippen LogP contribution in [-0.2, 0) is 9.59 Å². The van der Waals surface area contributed by atoms with Crippen molar-refractivity contribution in [2.45, 2.75) is 33.2 Å². The molecule has 0 bridgehead atoms. The Kier molecular flexibility index (Phi) is 7.45. The summed E-state index contributed by atoms with van der Waals surface area (Å²) in [5.41, 5.74) is 17.7. The third-order valence-corrected chi connectivity index (χ3v) is 3.34. The molecular weight excluding hydrogens is 334 g/mol. The second-order valence-corrected chi connectivity index (χ2v) is 6.27. The highest BCUT2D eigenvalue weighted by atomic mass is 16.1. The first-order chi connectivity index (χ1) is 12.1. The minimum Gasteiger partial charge on any atom is -0.368 e. The summed E-state index contributed by atoms with van der Waals surface area (Å²) in [6.45, 7) is 5.76. The van der Waals surface area contributed by atoms with Crippen molar-refractivity contribution in [3.05, 3.63) is 29.8 Å². The highest BCUT2D eigenvalue weighted by Gasteiger charge is 2.21. The van der Waals surface area contributed by atoms with Crippen molar-refractivity contribution in [1.82, 2.24) is 0 Å². The fourth-order valence-corrected chi connectivity index (χ4v) is 2.11. The van der Waals surface area contributed by atoms with Gasteiger partial charge in [-0.1, -0.05) is 26.0 Å². The number of hydrogen-bond donors (Lipinski definition) is 5. The largest absolute Gasteiger partial charge is 0.368 e. The van der Waals surface area contributed by atoms with Crippen molar-refractivity contribution >= 4 is 35.0 Å². The lowest BCUT2D eigenvalue weighted by molar-refractivity contribution is -0.132. The van der Waals surface area contributed by atoms with Crippen LogP contribution in [0.5, 0.6) is 0 Å². The maximum Gasteiger partial charge on any atom is 0.316 e. The lowest BCUT2D eigenvalue weighted by Gasteiger charge is -2.12. The van der Waals surface area contributed by atoms with E-state index in [1.807, 2.05) is 39.0 Å². The fourth-order valence-electron chi connectivity index (χ4n) is 2.11. The maximum atomic E-state index is 11.5. The second kappa shape index (κ2) is 9.30. The number of carbonyl (C=O) groups excluding carboxylic acids is 2. The van der Waals surface area contributed by atoms with E-state index in [0.717, 1.165) is 5.56 Å². The number of nitrogens with two attached hydrogens (primary N) is 4. The number of carbonyl (C=O) groups is 2. The lowest BCUT2D eigenvalue weighted by Crippen LogP contribution is -2.54. The van der Waals surface area contributed by atoms with Crippen molar-refractivity contribution in [2.75, 3.05) is 5.32 Å². The average Bonchev–Trinajstić information content (AvgIpc) is 2.52. The number of aryl methyl sites for hydroxylation is 1. The number of nitrogens with one attached hydrogen (secondary N) is 1. The summed E-state index contributed by atoms with van der Waals surface area (Å²) < 4.78 is 0. The van der Waals surface area contributed by atoms with E-state index in [9.17, 15) is 9.59 Å². The van der Waals surface area contributed by atoms with Crippen molar-refractivity contribution in [2.24, 2.45) is 33.1 Å². The number of nitrogens with zero attached hydrogens (tertiary/aromatic N) is 2. The van der Waals surface area contributed by atoms with Crippen LogP contribution < -0.4 is 27.9 Å². The molecule has 140 valence electrons. The molecule has 0 aliphatic rings. The SMILES string of the molecule is Cc1cccc(NC(=NC(N)=N[C@H](CC(C)C)C(N)=O)C(=[NH2+])C(N)=O)c1. The van der Waals surface area contributed by atoms with Crippen LogP contribution in [-0.4, -0.2) is 35.4 Å². The van der Waals surface area contributed by atoms with E-state index in [4.69, 9.17) is 22.6 Å². The smallest absolute Gasteiger partial charge is 0.316 e. The van der Waals surface area contributed by atoms with E-state index < -0.39 is 17.9 Å². The molecule has 1 aromatic rings. The Balaban J connectivity index is 3.19. The fraction of sp³-hybridized carbons (Fsp3) is 0.353. The van der Waals surface area contributed by atoms with Crippen molar-refractivity contribution < 1.29 is 15.0 Å². The molecular formula is C17H26N7O2+. The van der Waals surface area contributed by atoms with Gasteiger partial charge in [-0.3, -0.25) is 9.59 Å². The number of benzene rings is 1. The molecule has 0 saturated heterocycles. The predicted octanol–water partition coefficient (Wildman–Crippen LogP) is -1.29. The van der Waals surface area contributed by atoms with Gasteiger partial charge in [0.1, 0.15) is 6.04 Å². The maximum absolute atomic E-state index is 11.5. The number of rotatable bonds is 7. The van der Waals surface area contributed by atoms with Crippen molar-refractivity contribution in [1.29, 1.82) is 0 Å². The summed E-state index contributed by atoms with van der Waals surface area (Å²) >= 11 is 0. The first kappa shape index (κ1) is 20.8. The van der Waals surface area contributed by atoms with Crippen LogP contribution in [0.2, 0.25) is 0 Å². The Labute approximate surface area is 152 Å². The van der Waals surface area contributed by atoms with E-state index in [0.29, 0.717) is 12.1 Å². The molecule has 0 unspecified atom stereocenters. The van der Waals surface area contributed by atoms with Gasteiger partial charge in [0.2, 0.25) is 17.7 Å². The molecule has 9 N–H and O–H groups in total. The summed E-state index contributed by atoms with van der Waals surface area (Å²) in [4.78, 5) is 31.0. The molecule has 1 aromatic carbocycles. The zero-order valence-electron chi connectivity index (χ0n) is 15.2. The van der Waals surface area contributed by atoms with Gasteiger partial charge in [0, 0.05) is 5.69 Å². The highest BCUT2D eigenvalue weighted by Crippen LogP contribution is 2.10. The molecule has 1 rings (SSSR count). The summed E-state index contributed by atoms with van der Waals surface area (Å²) in [5, 5.41) is 8.60. The molecule has 2 amide bonds. The molecule has 26 heavy (non-hydrogen) atoms. The van der Waals surface area contributed by atoms with Crippen molar-refractivity contribution in [3.8, 4) is 0 Å². The van der Waals surface area contributed by atoms with Gasteiger partial charge < -0.3 is 22.5 Å². The van der Waals surface area contributed by atoms with Crippen LogP contribution in [0.3, 0.4) is 0 Å². The van der Waals surface area contributed by atoms with Gasteiger partial charge in [0.05, 0.1) is 0 Å². The third-order valence-electron chi connectivity index (χ3n) is 3.34. The Morgan fingerprint density at radius 3 is 2.38 bits per heavy atom. The molecule has 1 atom stereocenters. The minimum absolute atomic E-state index is 0.0582. The first-order valence-electron chi connectivity index (χ1n) is 8.07. The Bertz CT molecular complexity index is 753. The van der Waals surface area contributed by atoms with E-state index in [-0.39, 0.29) is 23.4 Å². The van der Waals surface area contributed by atoms with E-state index >= 15 is 0 Å². The number of anilines is 1. The molecule has 0 fully saturated rings.